The zero-order valence-electron chi connectivity index (χ0n) is 14.6. The molecule has 1 N–H and O–H groups in total. The lowest BCUT2D eigenvalue weighted by Crippen LogP contribution is -2.21. The molecule has 7 heteroatoms. The molecule has 2 aromatic heterocycles. The number of benzene rings is 2. The first-order valence-electron chi connectivity index (χ1n) is 8.55. The summed E-state index contributed by atoms with van der Waals surface area (Å²) >= 11 is 6.06. The summed E-state index contributed by atoms with van der Waals surface area (Å²) in [5, 5.41) is 5.31. The summed E-state index contributed by atoms with van der Waals surface area (Å²) in [7, 11) is 0. The summed E-state index contributed by atoms with van der Waals surface area (Å²) in [6.07, 6.45) is 1.85. The van der Waals surface area contributed by atoms with Gasteiger partial charge in [-0.15, -0.1) is 12.6 Å². The summed E-state index contributed by atoms with van der Waals surface area (Å²) in [6.45, 7) is 6.17. The van der Waals surface area contributed by atoms with E-state index in [0.29, 0.717) is 5.95 Å². The van der Waals surface area contributed by atoms with E-state index < -0.39 is 0 Å². The second-order valence-corrected chi connectivity index (χ2v) is 7.38. The predicted molar refractivity (Wildman–Crippen MR) is 113 cm³/mol. The normalized spacial score (nSPS) is 11.2. The Labute approximate surface area is 161 Å². The molecule has 0 fully saturated rings. The average molecular weight is 382 g/mol. The minimum atomic E-state index is 0.571. The van der Waals surface area contributed by atoms with Gasteiger partial charge in [0.15, 0.2) is 5.13 Å². The van der Waals surface area contributed by atoms with Gasteiger partial charge in [-0.2, -0.15) is 0 Å². The van der Waals surface area contributed by atoms with Crippen molar-refractivity contribution >= 4 is 61.9 Å². The molecule has 0 spiro atoms. The Morgan fingerprint density at radius 1 is 1.12 bits per heavy atom. The number of nitrogens with one attached hydrogen (secondary N) is 1. The number of fused-ring (bicyclic) bond motifs is 3. The maximum absolute atomic E-state index is 4.78. The molecule has 0 atom stereocenters. The van der Waals surface area contributed by atoms with Crippen LogP contribution in [0.25, 0.3) is 21.1 Å². The molecule has 0 aliphatic carbocycles. The smallest absolute Gasteiger partial charge is 0.227 e. The minimum Gasteiger partial charge on any atom is -0.349 e. The molecule has 5 nitrogen and oxygen atoms in total. The van der Waals surface area contributed by atoms with Crippen molar-refractivity contribution in [3.8, 4) is 0 Å². The van der Waals surface area contributed by atoms with Crippen molar-refractivity contribution < 1.29 is 0 Å². The molecule has 0 saturated heterocycles. The van der Waals surface area contributed by atoms with Gasteiger partial charge in [0, 0.05) is 35.3 Å². The van der Waals surface area contributed by atoms with E-state index in [1.165, 1.54) is 0 Å². The van der Waals surface area contributed by atoms with E-state index in [4.69, 9.17) is 9.97 Å². The summed E-state index contributed by atoms with van der Waals surface area (Å²) in [6, 6.07) is 11.9. The lowest BCUT2D eigenvalue weighted by Gasteiger charge is -2.16. The van der Waals surface area contributed by atoms with E-state index in [1.54, 1.807) is 11.3 Å². The van der Waals surface area contributed by atoms with Gasteiger partial charge in [-0.1, -0.05) is 17.4 Å². The number of hydrogen-bond donors (Lipinski definition) is 2. The Morgan fingerprint density at radius 2 is 1.96 bits per heavy atom. The van der Waals surface area contributed by atoms with Crippen LogP contribution >= 0.6 is 24.0 Å². The highest BCUT2D eigenvalue weighted by atomic mass is 32.1. The van der Waals surface area contributed by atoms with Crippen LogP contribution in [0.4, 0.5) is 16.8 Å². The molecule has 132 valence electrons. The van der Waals surface area contributed by atoms with E-state index in [2.05, 4.69) is 41.7 Å². The maximum Gasteiger partial charge on any atom is 0.227 e. The van der Waals surface area contributed by atoms with Crippen LogP contribution in [-0.4, -0.2) is 28.0 Å². The molecule has 0 amide bonds. The van der Waals surface area contributed by atoms with Crippen LogP contribution in [-0.2, 0) is 0 Å². The highest BCUT2D eigenvalue weighted by Crippen LogP contribution is 2.34. The van der Waals surface area contributed by atoms with Crippen molar-refractivity contribution in [1.82, 2.24) is 15.0 Å². The monoisotopic (exact) mass is 381 g/mol. The summed E-state index contributed by atoms with van der Waals surface area (Å²) in [5.41, 5.74) is 2.82. The SMILES string of the molecule is CCN(CC)c1nc2ccc3cnc(Nc4cccc(S)c4)nc3c2s1. The first kappa shape index (κ1) is 17.1. The molecule has 0 bridgehead atoms. The Kier molecular flexibility index (Phi) is 4.65. The van der Waals surface area contributed by atoms with Crippen molar-refractivity contribution in [2.45, 2.75) is 18.7 Å². The van der Waals surface area contributed by atoms with Crippen molar-refractivity contribution in [2.24, 2.45) is 0 Å². The van der Waals surface area contributed by atoms with E-state index >= 15 is 0 Å². The molecule has 0 aliphatic heterocycles. The second kappa shape index (κ2) is 7.09. The first-order chi connectivity index (χ1) is 12.7. The summed E-state index contributed by atoms with van der Waals surface area (Å²) < 4.78 is 1.10. The van der Waals surface area contributed by atoms with Crippen LogP contribution in [0.2, 0.25) is 0 Å². The van der Waals surface area contributed by atoms with E-state index in [0.717, 1.165) is 49.9 Å². The average Bonchev–Trinajstić information content (AvgIpc) is 3.07. The standard InChI is InChI=1S/C19H19N5S2/c1-3-24(4-2)19-22-15-9-8-12-11-20-18(23-16(12)17(15)26-19)21-13-6-5-7-14(25)10-13/h5-11,25H,3-4H2,1-2H3,(H,20,21,23). The predicted octanol–water partition coefficient (Wildman–Crippen LogP) is 5.12. The lowest BCUT2D eigenvalue weighted by molar-refractivity contribution is 0.862. The Morgan fingerprint density at radius 3 is 2.73 bits per heavy atom. The third-order valence-electron chi connectivity index (χ3n) is 4.23. The van der Waals surface area contributed by atoms with Crippen LogP contribution in [0.1, 0.15) is 13.8 Å². The molecule has 0 saturated carbocycles. The number of nitrogens with zero attached hydrogens (tertiary/aromatic N) is 4. The third-order valence-corrected chi connectivity index (χ3v) is 5.65. The van der Waals surface area contributed by atoms with Crippen LogP contribution in [0.15, 0.2) is 47.5 Å². The van der Waals surface area contributed by atoms with Gasteiger partial charge in [-0.25, -0.2) is 15.0 Å². The van der Waals surface area contributed by atoms with Crippen molar-refractivity contribution in [3.05, 3.63) is 42.6 Å². The van der Waals surface area contributed by atoms with Crippen LogP contribution in [0.5, 0.6) is 0 Å². The van der Waals surface area contributed by atoms with Gasteiger partial charge in [0.05, 0.1) is 15.7 Å². The van der Waals surface area contributed by atoms with Gasteiger partial charge in [-0.05, 0) is 44.2 Å². The fraction of sp³-hybridized carbons (Fsp3) is 0.211. The fourth-order valence-electron chi connectivity index (χ4n) is 2.87. The molecule has 26 heavy (non-hydrogen) atoms. The number of hydrogen-bond acceptors (Lipinski definition) is 7. The molecule has 0 unspecified atom stereocenters. The number of anilines is 3. The highest BCUT2D eigenvalue weighted by Gasteiger charge is 2.13. The molecular formula is C19H19N5S2. The molecular weight excluding hydrogens is 362 g/mol. The number of aromatic nitrogens is 3. The number of thiol groups is 1. The Hall–Kier alpha value is -2.38. The van der Waals surface area contributed by atoms with Gasteiger partial charge in [-0.3, -0.25) is 0 Å². The van der Waals surface area contributed by atoms with Gasteiger partial charge in [0.25, 0.3) is 0 Å². The quantitative estimate of drug-likeness (QED) is 0.470. The van der Waals surface area contributed by atoms with Crippen LogP contribution in [0.3, 0.4) is 0 Å². The second-order valence-electron chi connectivity index (χ2n) is 5.89. The van der Waals surface area contributed by atoms with Crippen LogP contribution < -0.4 is 10.2 Å². The minimum absolute atomic E-state index is 0.571. The molecule has 4 aromatic rings. The van der Waals surface area contributed by atoms with Gasteiger partial charge < -0.3 is 10.2 Å². The van der Waals surface area contributed by atoms with Gasteiger partial charge in [0.1, 0.15) is 0 Å². The Bertz CT molecular complexity index is 1070. The van der Waals surface area contributed by atoms with Gasteiger partial charge >= 0.3 is 0 Å². The zero-order chi connectivity index (χ0) is 18.1. The van der Waals surface area contributed by atoms with Gasteiger partial charge in [0.2, 0.25) is 5.95 Å². The topological polar surface area (TPSA) is 53.9 Å². The van der Waals surface area contributed by atoms with Crippen LogP contribution in [0, 0.1) is 0 Å². The van der Waals surface area contributed by atoms with Crippen molar-refractivity contribution in [1.29, 1.82) is 0 Å². The molecule has 2 aromatic carbocycles. The maximum atomic E-state index is 4.78. The van der Waals surface area contributed by atoms with Crippen molar-refractivity contribution in [2.75, 3.05) is 23.3 Å². The van der Waals surface area contributed by atoms with E-state index in [1.807, 2.05) is 42.6 Å². The molecule has 2 heterocycles. The van der Waals surface area contributed by atoms with E-state index in [9.17, 15) is 0 Å². The zero-order valence-corrected chi connectivity index (χ0v) is 16.3. The van der Waals surface area contributed by atoms with E-state index in [-0.39, 0.29) is 0 Å². The first-order valence-corrected chi connectivity index (χ1v) is 9.81. The largest absolute Gasteiger partial charge is 0.349 e. The molecule has 4 rings (SSSR count). The molecule has 0 radical (unpaired) electrons. The fourth-order valence-corrected chi connectivity index (χ4v) is 4.29. The number of rotatable bonds is 5. The summed E-state index contributed by atoms with van der Waals surface area (Å²) in [4.78, 5) is 17.1. The van der Waals surface area contributed by atoms with Crippen molar-refractivity contribution in [3.63, 3.8) is 0 Å². The highest BCUT2D eigenvalue weighted by molar-refractivity contribution is 7.80. The molecule has 0 aliphatic rings. The summed E-state index contributed by atoms with van der Waals surface area (Å²) in [5.74, 6) is 0.571. The third kappa shape index (κ3) is 3.20. The Balaban J connectivity index is 1.79. The number of thiazole rings is 1. The lowest BCUT2D eigenvalue weighted by atomic mass is 10.2.